The Bertz CT molecular complexity index is 592. The summed E-state index contributed by atoms with van der Waals surface area (Å²) >= 11 is 0. The summed E-state index contributed by atoms with van der Waals surface area (Å²) < 4.78 is 29.4. The molecule has 1 aromatic carbocycles. The maximum Gasteiger partial charge on any atom is 0.135 e. The summed E-state index contributed by atoms with van der Waals surface area (Å²) in [4.78, 5) is 0. The van der Waals surface area contributed by atoms with Gasteiger partial charge in [-0.15, -0.1) is 0 Å². The van der Waals surface area contributed by atoms with Crippen LogP contribution in [0.3, 0.4) is 0 Å². The first-order valence-corrected chi connectivity index (χ1v) is 6.50. The summed E-state index contributed by atoms with van der Waals surface area (Å²) in [7, 11) is 1.74. The maximum absolute atomic E-state index is 13.9. The molecule has 0 aliphatic rings. The van der Waals surface area contributed by atoms with E-state index in [0.717, 1.165) is 5.56 Å². The van der Waals surface area contributed by atoms with Gasteiger partial charge in [0.05, 0.1) is 5.56 Å². The van der Waals surface area contributed by atoms with Gasteiger partial charge in [-0.3, -0.25) is 4.68 Å². The van der Waals surface area contributed by atoms with E-state index in [-0.39, 0.29) is 11.1 Å². The van der Waals surface area contributed by atoms with Crippen LogP contribution in [0.1, 0.15) is 26.3 Å². The third kappa shape index (κ3) is 3.22. The third-order valence-corrected chi connectivity index (χ3v) is 2.91. The lowest BCUT2D eigenvalue weighted by Gasteiger charge is -2.20. The van der Waals surface area contributed by atoms with Crippen LogP contribution in [0.2, 0.25) is 0 Å². The molecule has 5 heteroatoms. The van der Waals surface area contributed by atoms with Crippen molar-refractivity contribution >= 4 is 0 Å². The van der Waals surface area contributed by atoms with Crippen molar-refractivity contribution < 1.29 is 8.78 Å². The highest BCUT2D eigenvalue weighted by molar-refractivity contribution is 5.64. The lowest BCUT2D eigenvalue weighted by molar-refractivity contribution is 0.424. The first-order chi connectivity index (χ1) is 9.28. The Kier molecular flexibility index (Phi) is 3.90. The Labute approximate surface area is 117 Å². The zero-order chi connectivity index (χ0) is 14.9. The van der Waals surface area contributed by atoms with Crippen LogP contribution in [0.25, 0.3) is 11.3 Å². The van der Waals surface area contributed by atoms with Gasteiger partial charge in [0.25, 0.3) is 0 Å². The number of aromatic nitrogens is 2. The standard InChI is InChI=1S/C15H19F2N3/c1-15(2,3)18-8-10-9-20(4)19-14(10)13-11(16)6-5-7-12(13)17/h5-7,9,18H,8H2,1-4H3. The number of rotatable bonds is 3. The number of nitrogens with one attached hydrogen (secondary N) is 1. The molecule has 0 bridgehead atoms. The molecule has 0 saturated heterocycles. The van der Waals surface area contributed by atoms with Gasteiger partial charge >= 0.3 is 0 Å². The van der Waals surface area contributed by atoms with Gasteiger partial charge in [0.15, 0.2) is 0 Å². The number of benzene rings is 1. The minimum Gasteiger partial charge on any atom is -0.308 e. The van der Waals surface area contributed by atoms with E-state index in [4.69, 9.17) is 0 Å². The molecular weight excluding hydrogens is 260 g/mol. The first-order valence-electron chi connectivity index (χ1n) is 6.50. The molecule has 0 radical (unpaired) electrons. The molecule has 0 spiro atoms. The van der Waals surface area contributed by atoms with Crippen LogP contribution in [-0.4, -0.2) is 15.3 Å². The van der Waals surface area contributed by atoms with Crippen LogP contribution in [0, 0.1) is 11.6 Å². The van der Waals surface area contributed by atoms with Gasteiger partial charge in [0.2, 0.25) is 0 Å². The first kappa shape index (κ1) is 14.7. The summed E-state index contributed by atoms with van der Waals surface area (Å²) in [5.74, 6) is -1.19. The second-order valence-corrected chi connectivity index (χ2v) is 5.88. The molecule has 1 N–H and O–H groups in total. The fourth-order valence-corrected chi connectivity index (χ4v) is 1.96. The molecule has 0 aliphatic carbocycles. The number of aryl methyl sites for hydroxylation is 1. The lowest BCUT2D eigenvalue weighted by atomic mass is 10.0. The van der Waals surface area contributed by atoms with Crippen molar-refractivity contribution in [1.29, 1.82) is 0 Å². The average molecular weight is 279 g/mol. The van der Waals surface area contributed by atoms with E-state index in [1.807, 2.05) is 20.8 Å². The van der Waals surface area contributed by atoms with E-state index < -0.39 is 11.6 Å². The Morgan fingerprint density at radius 1 is 1.20 bits per heavy atom. The molecule has 1 aromatic heterocycles. The van der Waals surface area contributed by atoms with Gasteiger partial charge in [0.1, 0.15) is 17.3 Å². The molecule has 2 aromatic rings. The Morgan fingerprint density at radius 3 is 2.35 bits per heavy atom. The van der Waals surface area contributed by atoms with Gasteiger partial charge in [-0.25, -0.2) is 8.78 Å². The van der Waals surface area contributed by atoms with Gasteiger partial charge in [0, 0.05) is 30.9 Å². The molecule has 3 nitrogen and oxygen atoms in total. The smallest absolute Gasteiger partial charge is 0.135 e. The van der Waals surface area contributed by atoms with Crippen LogP contribution < -0.4 is 5.32 Å². The zero-order valence-corrected chi connectivity index (χ0v) is 12.2. The average Bonchev–Trinajstić information content (AvgIpc) is 2.67. The molecule has 108 valence electrons. The largest absolute Gasteiger partial charge is 0.308 e. The second-order valence-electron chi connectivity index (χ2n) is 5.88. The summed E-state index contributed by atoms with van der Waals surface area (Å²) in [6, 6.07) is 3.84. The molecule has 0 aliphatic heterocycles. The molecule has 0 saturated carbocycles. The van der Waals surface area contributed by atoms with E-state index in [9.17, 15) is 8.78 Å². The van der Waals surface area contributed by atoms with Gasteiger partial charge in [-0.05, 0) is 32.9 Å². The van der Waals surface area contributed by atoms with Crippen LogP contribution in [-0.2, 0) is 13.6 Å². The Hall–Kier alpha value is -1.75. The number of nitrogens with zero attached hydrogens (tertiary/aromatic N) is 2. The highest BCUT2D eigenvalue weighted by atomic mass is 19.1. The van der Waals surface area contributed by atoms with Crippen LogP contribution >= 0.6 is 0 Å². The molecule has 20 heavy (non-hydrogen) atoms. The van der Waals surface area contributed by atoms with Crippen molar-refractivity contribution in [2.75, 3.05) is 0 Å². The van der Waals surface area contributed by atoms with Crippen molar-refractivity contribution in [2.24, 2.45) is 7.05 Å². The molecule has 0 atom stereocenters. The topological polar surface area (TPSA) is 29.9 Å². The highest BCUT2D eigenvalue weighted by Crippen LogP contribution is 2.27. The maximum atomic E-state index is 13.9. The summed E-state index contributed by atoms with van der Waals surface area (Å²) in [6.45, 7) is 6.60. The van der Waals surface area contributed by atoms with Crippen molar-refractivity contribution in [3.8, 4) is 11.3 Å². The number of hydrogen-bond acceptors (Lipinski definition) is 2. The minimum absolute atomic E-state index is 0.0705. The fourth-order valence-electron chi connectivity index (χ4n) is 1.96. The molecule has 0 fully saturated rings. The SMILES string of the molecule is Cn1cc(CNC(C)(C)C)c(-c2c(F)cccc2F)n1. The molecule has 2 rings (SSSR count). The van der Waals surface area contributed by atoms with Crippen molar-refractivity contribution in [1.82, 2.24) is 15.1 Å². The second kappa shape index (κ2) is 5.32. The predicted molar refractivity (Wildman–Crippen MR) is 75.2 cm³/mol. The number of halogens is 2. The molecular formula is C15H19F2N3. The zero-order valence-electron chi connectivity index (χ0n) is 12.2. The predicted octanol–water partition coefficient (Wildman–Crippen LogP) is 3.25. The number of hydrogen-bond donors (Lipinski definition) is 1. The molecule has 0 unspecified atom stereocenters. The Morgan fingerprint density at radius 2 is 1.80 bits per heavy atom. The van der Waals surface area contributed by atoms with E-state index in [1.54, 1.807) is 17.9 Å². The molecule has 1 heterocycles. The lowest BCUT2D eigenvalue weighted by Crippen LogP contribution is -2.35. The minimum atomic E-state index is -0.597. The van der Waals surface area contributed by atoms with E-state index in [1.165, 1.54) is 18.2 Å². The van der Waals surface area contributed by atoms with Gasteiger partial charge < -0.3 is 5.32 Å². The summed E-state index contributed by atoms with van der Waals surface area (Å²) in [5, 5.41) is 7.50. The monoisotopic (exact) mass is 279 g/mol. The third-order valence-electron chi connectivity index (χ3n) is 2.91. The Balaban J connectivity index is 2.42. The van der Waals surface area contributed by atoms with Crippen molar-refractivity contribution in [3.05, 3.63) is 41.6 Å². The van der Waals surface area contributed by atoms with Crippen molar-refractivity contribution in [3.63, 3.8) is 0 Å². The molecule has 0 amide bonds. The quantitative estimate of drug-likeness (QED) is 0.934. The van der Waals surface area contributed by atoms with E-state index in [0.29, 0.717) is 12.2 Å². The fraction of sp³-hybridized carbons (Fsp3) is 0.400. The van der Waals surface area contributed by atoms with Crippen molar-refractivity contribution in [2.45, 2.75) is 32.9 Å². The summed E-state index contributed by atoms with van der Waals surface area (Å²) in [5.41, 5.74) is 0.964. The normalized spacial score (nSPS) is 11.9. The van der Waals surface area contributed by atoms with E-state index in [2.05, 4.69) is 10.4 Å². The van der Waals surface area contributed by atoms with Gasteiger partial charge in [-0.1, -0.05) is 6.07 Å². The van der Waals surface area contributed by atoms with Crippen LogP contribution in [0.5, 0.6) is 0 Å². The van der Waals surface area contributed by atoms with Crippen LogP contribution in [0.4, 0.5) is 8.78 Å². The van der Waals surface area contributed by atoms with Gasteiger partial charge in [-0.2, -0.15) is 5.10 Å². The van der Waals surface area contributed by atoms with E-state index >= 15 is 0 Å². The highest BCUT2D eigenvalue weighted by Gasteiger charge is 2.19. The van der Waals surface area contributed by atoms with Crippen LogP contribution in [0.15, 0.2) is 24.4 Å². The summed E-state index contributed by atoms with van der Waals surface area (Å²) in [6.07, 6.45) is 1.78.